The lowest BCUT2D eigenvalue weighted by molar-refractivity contribution is 0.286. The van der Waals surface area contributed by atoms with E-state index >= 15 is 0 Å². The summed E-state index contributed by atoms with van der Waals surface area (Å²) in [6.07, 6.45) is 7.69. The van der Waals surface area contributed by atoms with Crippen LogP contribution >= 0.6 is 0 Å². The van der Waals surface area contributed by atoms with Crippen LogP contribution in [0.1, 0.15) is 62.5 Å². The van der Waals surface area contributed by atoms with Crippen molar-refractivity contribution < 1.29 is 17.9 Å². The summed E-state index contributed by atoms with van der Waals surface area (Å²) in [5, 5.41) is 0. The molecule has 0 saturated heterocycles. The summed E-state index contributed by atoms with van der Waals surface area (Å²) in [4.78, 5) is 0. The number of hydrogen-bond acceptors (Lipinski definition) is 1. The zero-order chi connectivity index (χ0) is 18.5. The maximum absolute atomic E-state index is 13.6. The Labute approximate surface area is 153 Å². The van der Waals surface area contributed by atoms with Crippen molar-refractivity contribution in [2.24, 2.45) is 5.92 Å². The van der Waals surface area contributed by atoms with Crippen LogP contribution in [0, 0.1) is 23.4 Å². The molecule has 140 valence electrons. The highest BCUT2D eigenvalue weighted by Crippen LogP contribution is 2.37. The molecule has 2 aromatic rings. The molecule has 0 aliphatic heterocycles. The van der Waals surface area contributed by atoms with Gasteiger partial charge in [0.2, 0.25) is 0 Å². The molecule has 1 aliphatic carbocycles. The summed E-state index contributed by atoms with van der Waals surface area (Å²) in [6.45, 7) is 2.37. The van der Waals surface area contributed by atoms with Gasteiger partial charge in [0.15, 0.2) is 23.2 Å². The van der Waals surface area contributed by atoms with Gasteiger partial charge in [-0.2, -0.15) is 0 Å². The first-order valence-corrected chi connectivity index (χ1v) is 9.43. The average Bonchev–Trinajstić information content (AvgIpc) is 2.65. The first-order valence-electron chi connectivity index (χ1n) is 9.43. The standard InChI is InChI=1S/C22H25F3O/c1-2-3-15-4-8-17(9-5-15)18-10-6-16(7-11-18)14-26-22-13-20(24)19(23)12-21(22)25/h6-7,10-13,15,17H,2-5,8-9,14H2,1H3/t15-,17-. The van der Waals surface area contributed by atoms with Crippen LogP contribution in [0.3, 0.4) is 0 Å². The molecule has 26 heavy (non-hydrogen) atoms. The summed E-state index contributed by atoms with van der Waals surface area (Å²) in [5.74, 6) is -2.01. The van der Waals surface area contributed by atoms with Crippen molar-refractivity contribution in [3.05, 3.63) is 65.0 Å². The molecule has 0 heterocycles. The molecule has 0 atom stereocenters. The highest BCUT2D eigenvalue weighted by molar-refractivity contribution is 5.28. The Kier molecular flexibility index (Phi) is 6.23. The minimum Gasteiger partial charge on any atom is -0.486 e. The van der Waals surface area contributed by atoms with Gasteiger partial charge in [-0.3, -0.25) is 0 Å². The quantitative estimate of drug-likeness (QED) is 0.516. The number of halogens is 3. The van der Waals surface area contributed by atoms with Crippen LogP contribution in [0.15, 0.2) is 36.4 Å². The van der Waals surface area contributed by atoms with E-state index < -0.39 is 17.5 Å². The Morgan fingerprint density at radius 3 is 2.19 bits per heavy atom. The summed E-state index contributed by atoms with van der Waals surface area (Å²) in [6, 6.07) is 9.38. The fraction of sp³-hybridized carbons (Fsp3) is 0.455. The summed E-state index contributed by atoms with van der Waals surface area (Å²) in [5.41, 5.74) is 2.21. The van der Waals surface area contributed by atoms with Crippen LogP contribution in [0.5, 0.6) is 5.75 Å². The molecule has 0 N–H and O–H groups in total. The van der Waals surface area contributed by atoms with Gasteiger partial charge in [-0.1, -0.05) is 44.0 Å². The molecule has 0 aromatic heterocycles. The van der Waals surface area contributed by atoms with E-state index in [1.165, 1.54) is 44.1 Å². The van der Waals surface area contributed by atoms with Crippen LogP contribution < -0.4 is 4.74 Å². The van der Waals surface area contributed by atoms with E-state index in [1.54, 1.807) is 0 Å². The predicted octanol–water partition coefficient (Wildman–Crippen LogP) is 6.76. The van der Waals surface area contributed by atoms with Crippen molar-refractivity contribution in [1.29, 1.82) is 0 Å². The van der Waals surface area contributed by atoms with E-state index in [1.807, 2.05) is 12.1 Å². The SMILES string of the molecule is CCC[C@H]1CC[C@H](c2ccc(COc3cc(F)c(F)cc3F)cc2)CC1. The van der Waals surface area contributed by atoms with Gasteiger partial charge >= 0.3 is 0 Å². The Hall–Kier alpha value is -1.97. The predicted molar refractivity (Wildman–Crippen MR) is 96.7 cm³/mol. The molecule has 0 radical (unpaired) electrons. The van der Waals surface area contributed by atoms with Gasteiger partial charge in [0.25, 0.3) is 0 Å². The monoisotopic (exact) mass is 362 g/mol. The summed E-state index contributed by atoms with van der Waals surface area (Å²) < 4.78 is 45.0. The van der Waals surface area contributed by atoms with Crippen LogP contribution in [0.4, 0.5) is 13.2 Å². The molecule has 1 saturated carbocycles. The van der Waals surface area contributed by atoms with Crippen molar-refractivity contribution in [3.63, 3.8) is 0 Å². The molecule has 0 unspecified atom stereocenters. The van der Waals surface area contributed by atoms with Crippen LogP contribution in [-0.4, -0.2) is 0 Å². The van der Waals surface area contributed by atoms with Crippen molar-refractivity contribution in [2.45, 2.75) is 58.0 Å². The lowest BCUT2D eigenvalue weighted by Crippen LogP contribution is -2.13. The zero-order valence-electron chi connectivity index (χ0n) is 15.1. The van der Waals surface area contributed by atoms with E-state index in [-0.39, 0.29) is 12.4 Å². The highest BCUT2D eigenvalue weighted by atomic mass is 19.2. The van der Waals surface area contributed by atoms with Crippen LogP contribution in [0.25, 0.3) is 0 Å². The number of benzene rings is 2. The third-order valence-corrected chi connectivity index (χ3v) is 5.36. The zero-order valence-corrected chi connectivity index (χ0v) is 15.1. The molecular weight excluding hydrogens is 337 g/mol. The molecular formula is C22H25F3O. The normalized spacial score (nSPS) is 20.2. The van der Waals surface area contributed by atoms with E-state index in [2.05, 4.69) is 19.1 Å². The van der Waals surface area contributed by atoms with Gasteiger partial charge < -0.3 is 4.74 Å². The molecule has 0 amide bonds. The molecule has 3 rings (SSSR count). The molecule has 0 bridgehead atoms. The Morgan fingerprint density at radius 1 is 0.885 bits per heavy atom. The van der Waals surface area contributed by atoms with Crippen LogP contribution in [-0.2, 0) is 6.61 Å². The first kappa shape index (κ1) is 18.8. The van der Waals surface area contributed by atoms with Crippen molar-refractivity contribution in [1.82, 2.24) is 0 Å². The lowest BCUT2D eigenvalue weighted by Gasteiger charge is -2.28. The lowest BCUT2D eigenvalue weighted by atomic mass is 9.77. The Bertz CT molecular complexity index is 719. The van der Waals surface area contributed by atoms with Gasteiger partial charge in [-0.25, -0.2) is 13.2 Å². The average molecular weight is 362 g/mol. The summed E-state index contributed by atoms with van der Waals surface area (Å²) >= 11 is 0. The van der Waals surface area contributed by atoms with E-state index in [9.17, 15) is 13.2 Å². The molecule has 1 nitrogen and oxygen atoms in total. The Balaban J connectivity index is 1.56. The van der Waals surface area contributed by atoms with Gasteiger partial charge in [0.05, 0.1) is 0 Å². The van der Waals surface area contributed by atoms with Gasteiger partial charge in [-0.05, 0) is 48.6 Å². The number of hydrogen-bond donors (Lipinski definition) is 0. The molecule has 0 spiro atoms. The van der Waals surface area contributed by atoms with Crippen LogP contribution in [0.2, 0.25) is 0 Å². The summed E-state index contributed by atoms with van der Waals surface area (Å²) in [7, 11) is 0. The van der Waals surface area contributed by atoms with E-state index in [0.717, 1.165) is 17.5 Å². The second-order valence-electron chi connectivity index (χ2n) is 7.23. The van der Waals surface area contributed by atoms with Gasteiger partial charge in [0.1, 0.15) is 6.61 Å². The van der Waals surface area contributed by atoms with Gasteiger partial charge in [0, 0.05) is 12.1 Å². The highest BCUT2D eigenvalue weighted by Gasteiger charge is 2.21. The smallest absolute Gasteiger partial charge is 0.168 e. The fourth-order valence-electron chi connectivity index (χ4n) is 3.85. The molecule has 2 aromatic carbocycles. The fourth-order valence-corrected chi connectivity index (χ4v) is 3.85. The maximum atomic E-state index is 13.6. The minimum absolute atomic E-state index is 0.117. The Morgan fingerprint density at radius 2 is 1.54 bits per heavy atom. The second kappa shape index (κ2) is 8.61. The van der Waals surface area contributed by atoms with Crippen molar-refractivity contribution in [3.8, 4) is 5.75 Å². The minimum atomic E-state index is -1.21. The topological polar surface area (TPSA) is 9.23 Å². The van der Waals surface area contributed by atoms with E-state index in [0.29, 0.717) is 12.0 Å². The molecule has 1 aliphatic rings. The molecule has 1 fully saturated rings. The second-order valence-corrected chi connectivity index (χ2v) is 7.23. The number of rotatable bonds is 6. The van der Waals surface area contributed by atoms with E-state index in [4.69, 9.17) is 4.74 Å². The van der Waals surface area contributed by atoms with Crippen molar-refractivity contribution >= 4 is 0 Å². The third kappa shape index (κ3) is 4.60. The van der Waals surface area contributed by atoms with Crippen molar-refractivity contribution in [2.75, 3.05) is 0 Å². The third-order valence-electron chi connectivity index (χ3n) is 5.36. The molecule has 4 heteroatoms. The maximum Gasteiger partial charge on any atom is 0.168 e. The van der Waals surface area contributed by atoms with Gasteiger partial charge in [-0.15, -0.1) is 0 Å². The number of ether oxygens (including phenoxy) is 1. The first-order chi connectivity index (χ1) is 12.6. The largest absolute Gasteiger partial charge is 0.486 e.